The van der Waals surface area contributed by atoms with Gasteiger partial charge in [0, 0.05) is 5.02 Å². The number of rotatable bonds is 3. The average Bonchev–Trinajstić information content (AvgIpc) is 2.39. The van der Waals surface area contributed by atoms with Crippen molar-refractivity contribution in [2.45, 2.75) is 4.90 Å². The van der Waals surface area contributed by atoms with Crippen molar-refractivity contribution >= 4 is 33.0 Å². The number of hydrogen-bond acceptors (Lipinski definition) is 3. The van der Waals surface area contributed by atoms with Crippen LogP contribution in [0.1, 0.15) is 0 Å². The summed E-state index contributed by atoms with van der Waals surface area (Å²) in [4.78, 5) is -0.902. The van der Waals surface area contributed by atoms with E-state index in [2.05, 4.69) is 0 Å². The van der Waals surface area contributed by atoms with Crippen molar-refractivity contribution in [3.05, 3.63) is 52.8 Å². The molecule has 0 aliphatic heterocycles. The summed E-state index contributed by atoms with van der Waals surface area (Å²) in [6, 6.07) is 4.55. The van der Waals surface area contributed by atoms with E-state index >= 15 is 0 Å². The zero-order chi connectivity index (χ0) is 15.8. The molecule has 0 radical (unpaired) electrons. The number of nitrogens with one attached hydrogen (secondary N) is 1. The Morgan fingerprint density at radius 3 is 2.33 bits per heavy atom. The molecule has 0 unspecified atom stereocenters. The fourth-order valence-corrected chi connectivity index (χ4v) is 2.85. The first-order chi connectivity index (χ1) is 9.72. The molecule has 3 N–H and O–H groups in total. The van der Waals surface area contributed by atoms with E-state index in [1.165, 1.54) is 6.07 Å². The van der Waals surface area contributed by atoms with E-state index in [4.69, 9.17) is 17.3 Å². The molecule has 9 heteroatoms. The number of sulfonamides is 1. The lowest BCUT2D eigenvalue weighted by Gasteiger charge is -2.11. The van der Waals surface area contributed by atoms with E-state index in [1.807, 2.05) is 4.72 Å². The largest absolute Gasteiger partial charge is 0.394 e. The lowest BCUT2D eigenvalue weighted by atomic mass is 10.3. The molecule has 2 rings (SSSR count). The van der Waals surface area contributed by atoms with E-state index in [0.29, 0.717) is 12.1 Å². The lowest BCUT2D eigenvalue weighted by Crippen LogP contribution is -2.16. The lowest BCUT2D eigenvalue weighted by molar-refractivity contribution is 0.556. The maximum absolute atomic E-state index is 13.7. The number of nitrogen functional groups attached to an aromatic ring is 1. The van der Waals surface area contributed by atoms with Gasteiger partial charge in [0.15, 0.2) is 5.82 Å². The molecular weight excluding hydrogens is 329 g/mol. The van der Waals surface area contributed by atoms with E-state index in [1.54, 1.807) is 0 Å². The SMILES string of the molecule is Nc1c(F)ccc(S(=O)(=O)Nc2cc(Cl)ccc2F)c1F. The van der Waals surface area contributed by atoms with Gasteiger partial charge in [0.05, 0.1) is 5.69 Å². The summed E-state index contributed by atoms with van der Waals surface area (Å²) < 4.78 is 66.1. The molecule has 0 spiro atoms. The predicted octanol–water partition coefficient (Wildman–Crippen LogP) is 3.14. The minimum Gasteiger partial charge on any atom is -0.394 e. The Balaban J connectivity index is 2.49. The van der Waals surface area contributed by atoms with Gasteiger partial charge in [-0.15, -0.1) is 0 Å². The van der Waals surface area contributed by atoms with E-state index in [-0.39, 0.29) is 5.02 Å². The van der Waals surface area contributed by atoms with Crippen LogP contribution in [0, 0.1) is 17.5 Å². The van der Waals surface area contributed by atoms with Crippen molar-refractivity contribution in [1.82, 2.24) is 0 Å². The summed E-state index contributed by atoms with van der Waals surface area (Å²) in [7, 11) is -4.49. The second-order valence-electron chi connectivity index (χ2n) is 4.00. The third kappa shape index (κ3) is 3.06. The highest BCUT2D eigenvalue weighted by Crippen LogP contribution is 2.26. The molecule has 2 aromatic rings. The number of hydrogen-bond donors (Lipinski definition) is 2. The van der Waals surface area contributed by atoms with E-state index in [0.717, 1.165) is 12.1 Å². The van der Waals surface area contributed by atoms with Gasteiger partial charge in [-0.3, -0.25) is 4.72 Å². The molecule has 0 saturated carbocycles. The molecule has 112 valence electrons. The van der Waals surface area contributed by atoms with E-state index in [9.17, 15) is 21.6 Å². The molecule has 0 aliphatic carbocycles. The highest BCUT2D eigenvalue weighted by Gasteiger charge is 2.23. The van der Waals surface area contributed by atoms with Crippen LogP contribution in [0.2, 0.25) is 5.02 Å². The van der Waals surface area contributed by atoms with Gasteiger partial charge in [0.2, 0.25) is 0 Å². The van der Waals surface area contributed by atoms with E-state index < -0.39 is 43.7 Å². The predicted molar refractivity (Wildman–Crippen MR) is 73.0 cm³/mol. The quantitative estimate of drug-likeness (QED) is 0.846. The third-order valence-electron chi connectivity index (χ3n) is 2.55. The van der Waals surface area contributed by atoms with Crippen molar-refractivity contribution in [3.8, 4) is 0 Å². The highest BCUT2D eigenvalue weighted by atomic mass is 35.5. The molecule has 21 heavy (non-hydrogen) atoms. The minimum atomic E-state index is -4.49. The molecule has 0 atom stereocenters. The minimum absolute atomic E-state index is 0.0770. The van der Waals surface area contributed by atoms with Crippen molar-refractivity contribution in [3.63, 3.8) is 0 Å². The molecule has 0 saturated heterocycles. The van der Waals surface area contributed by atoms with Crippen LogP contribution in [0.25, 0.3) is 0 Å². The number of nitrogens with two attached hydrogens (primary N) is 1. The standard InChI is InChI=1S/C12H8ClF3N2O2S/c13-6-1-2-7(14)9(5-6)18-21(19,20)10-4-3-8(15)12(17)11(10)16/h1-5,18H,17H2. The van der Waals surface area contributed by atoms with Gasteiger partial charge in [-0.2, -0.15) is 0 Å². The van der Waals surface area contributed by atoms with Crippen LogP contribution in [0.3, 0.4) is 0 Å². The third-order valence-corrected chi connectivity index (χ3v) is 4.17. The summed E-state index contributed by atoms with van der Waals surface area (Å²) >= 11 is 5.62. The number of anilines is 2. The molecule has 2 aromatic carbocycles. The van der Waals surface area contributed by atoms with Gasteiger partial charge in [0.25, 0.3) is 10.0 Å². The van der Waals surface area contributed by atoms with Crippen LogP contribution in [-0.2, 0) is 10.0 Å². The van der Waals surface area contributed by atoms with Crippen molar-refractivity contribution in [2.24, 2.45) is 0 Å². The normalized spacial score (nSPS) is 11.4. The molecule has 0 amide bonds. The Hall–Kier alpha value is -1.93. The fraction of sp³-hybridized carbons (Fsp3) is 0. The Kier molecular flexibility index (Phi) is 4.02. The highest BCUT2D eigenvalue weighted by molar-refractivity contribution is 7.92. The van der Waals surface area contributed by atoms with Crippen molar-refractivity contribution < 1.29 is 21.6 Å². The second kappa shape index (κ2) is 5.45. The van der Waals surface area contributed by atoms with Crippen LogP contribution in [0.5, 0.6) is 0 Å². The van der Waals surface area contributed by atoms with Gasteiger partial charge >= 0.3 is 0 Å². The maximum atomic E-state index is 13.7. The van der Waals surface area contributed by atoms with Crippen molar-refractivity contribution in [2.75, 3.05) is 10.5 Å². The second-order valence-corrected chi connectivity index (χ2v) is 6.09. The summed E-state index contributed by atoms with van der Waals surface area (Å²) in [5.41, 5.74) is 3.68. The number of halogens is 4. The Bertz CT molecular complexity index is 812. The Morgan fingerprint density at radius 1 is 1.05 bits per heavy atom. The first kappa shape index (κ1) is 15.5. The zero-order valence-corrected chi connectivity index (χ0v) is 11.8. The molecular formula is C12H8ClF3N2O2S. The zero-order valence-electron chi connectivity index (χ0n) is 10.2. The number of benzene rings is 2. The molecule has 0 aromatic heterocycles. The summed E-state index contributed by atoms with van der Waals surface area (Å²) in [5, 5.41) is 0.0770. The maximum Gasteiger partial charge on any atom is 0.264 e. The Labute approximate surface area is 123 Å². The first-order valence-corrected chi connectivity index (χ1v) is 7.30. The van der Waals surface area contributed by atoms with Gasteiger partial charge in [0.1, 0.15) is 22.2 Å². The average molecular weight is 337 g/mol. The topological polar surface area (TPSA) is 72.2 Å². The van der Waals surface area contributed by atoms with Crippen LogP contribution >= 0.6 is 11.6 Å². The smallest absolute Gasteiger partial charge is 0.264 e. The van der Waals surface area contributed by atoms with Gasteiger partial charge < -0.3 is 5.73 Å². The van der Waals surface area contributed by atoms with Gasteiger partial charge in [-0.25, -0.2) is 21.6 Å². The fourth-order valence-electron chi connectivity index (χ4n) is 1.53. The van der Waals surface area contributed by atoms with Crippen LogP contribution in [0.4, 0.5) is 24.5 Å². The summed E-state index contributed by atoms with van der Waals surface area (Å²) in [5.74, 6) is -3.45. The molecule has 0 bridgehead atoms. The van der Waals surface area contributed by atoms with Gasteiger partial charge in [-0.1, -0.05) is 11.6 Å². The monoisotopic (exact) mass is 336 g/mol. The molecule has 0 fully saturated rings. The summed E-state index contributed by atoms with van der Waals surface area (Å²) in [6.07, 6.45) is 0. The molecule has 4 nitrogen and oxygen atoms in total. The van der Waals surface area contributed by atoms with Crippen molar-refractivity contribution in [1.29, 1.82) is 0 Å². The Morgan fingerprint density at radius 2 is 1.67 bits per heavy atom. The van der Waals surface area contributed by atoms with Crippen LogP contribution < -0.4 is 10.5 Å². The van der Waals surface area contributed by atoms with Gasteiger partial charge in [-0.05, 0) is 30.3 Å². The first-order valence-electron chi connectivity index (χ1n) is 5.43. The molecule has 0 heterocycles. The van der Waals surface area contributed by atoms with Crippen LogP contribution in [-0.4, -0.2) is 8.42 Å². The van der Waals surface area contributed by atoms with Crippen LogP contribution in [0.15, 0.2) is 35.2 Å². The molecule has 0 aliphatic rings. The summed E-state index contributed by atoms with van der Waals surface area (Å²) in [6.45, 7) is 0.